The Hall–Kier alpha value is -3.56. The zero-order valence-corrected chi connectivity index (χ0v) is 17.5. The molecule has 2 atom stereocenters. The van der Waals surface area contributed by atoms with Crippen molar-refractivity contribution in [2.45, 2.75) is 12.5 Å². The number of benzene rings is 2. The number of nitrogens with zero attached hydrogens (tertiary/aromatic N) is 4. The van der Waals surface area contributed by atoms with Gasteiger partial charge in [0, 0.05) is 36.5 Å². The molecule has 5 nitrogen and oxygen atoms in total. The molecule has 0 saturated carbocycles. The molecule has 31 heavy (non-hydrogen) atoms. The summed E-state index contributed by atoms with van der Waals surface area (Å²) < 4.78 is 0. The van der Waals surface area contributed by atoms with Crippen LogP contribution in [0.3, 0.4) is 0 Å². The number of hydrogen-bond acceptors (Lipinski definition) is 5. The third kappa shape index (κ3) is 3.37. The second-order valence-corrected chi connectivity index (χ2v) is 8.28. The normalized spacial score (nSPS) is 22.5. The van der Waals surface area contributed by atoms with Crippen LogP contribution in [0.4, 0.5) is 0 Å². The number of hydrogen-bond donors (Lipinski definition) is 1. The number of nitrogens with two attached hydrogens (primary N) is 1. The zero-order chi connectivity index (χ0) is 22.0. The van der Waals surface area contributed by atoms with Gasteiger partial charge in [0.05, 0.1) is 23.4 Å². The number of rotatable bonds is 3. The summed E-state index contributed by atoms with van der Waals surface area (Å²) >= 11 is 6.54. The first-order valence-electron chi connectivity index (χ1n) is 9.99. The van der Waals surface area contributed by atoms with Crippen LogP contribution in [-0.2, 0) is 6.54 Å². The highest BCUT2D eigenvalue weighted by Gasteiger charge is 2.54. The van der Waals surface area contributed by atoms with Crippen molar-refractivity contribution in [1.82, 2.24) is 4.90 Å². The largest absolute Gasteiger partial charge is 0.399 e. The molecule has 0 amide bonds. The standard InChI is InChI=1S/C25H20ClN5/c26-22-9-5-4-8-19(22)23-21-14-31(13-17-6-2-1-3-7-17)11-10-18(21)20(12-27)24(30)25(23,15-28)16-29/h1-10,21,23H,11,13-14,30H2/t21-,23-/m1/s1. The van der Waals surface area contributed by atoms with E-state index in [4.69, 9.17) is 17.3 Å². The Kier molecular flexibility index (Phi) is 5.53. The topological polar surface area (TPSA) is 101 Å². The summed E-state index contributed by atoms with van der Waals surface area (Å²) in [5.74, 6) is -0.850. The molecular formula is C25H20ClN5. The van der Waals surface area contributed by atoms with Crippen molar-refractivity contribution in [3.63, 3.8) is 0 Å². The van der Waals surface area contributed by atoms with Gasteiger partial charge >= 0.3 is 0 Å². The van der Waals surface area contributed by atoms with Gasteiger partial charge in [-0.25, -0.2) is 0 Å². The van der Waals surface area contributed by atoms with Crippen molar-refractivity contribution < 1.29 is 0 Å². The monoisotopic (exact) mass is 425 g/mol. The Bertz CT molecular complexity index is 1180. The van der Waals surface area contributed by atoms with Crippen LogP contribution in [0.2, 0.25) is 5.02 Å². The van der Waals surface area contributed by atoms with Crippen molar-refractivity contribution in [2.24, 2.45) is 17.1 Å². The van der Waals surface area contributed by atoms with E-state index in [-0.39, 0.29) is 17.2 Å². The Morgan fingerprint density at radius 3 is 2.35 bits per heavy atom. The lowest BCUT2D eigenvalue weighted by molar-refractivity contribution is 0.201. The molecule has 2 aliphatic rings. The maximum atomic E-state index is 10.2. The minimum atomic E-state index is -1.67. The van der Waals surface area contributed by atoms with Crippen LogP contribution in [0, 0.1) is 45.3 Å². The minimum Gasteiger partial charge on any atom is -0.399 e. The molecule has 2 aromatic rings. The van der Waals surface area contributed by atoms with Gasteiger partial charge in [-0.15, -0.1) is 0 Å². The van der Waals surface area contributed by atoms with Crippen LogP contribution in [0.25, 0.3) is 0 Å². The second-order valence-electron chi connectivity index (χ2n) is 7.88. The van der Waals surface area contributed by atoms with Gasteiger partial charge in [0.1, 0.15) is 6.07 Å². The van der Waals surface area contributed by atoms with Gasteiger partial charge in [-0.2, -0.15) is 15.8 Å². The first-order valence-corrected chi connectivity index (χ1v) is 10.4. The van der Waals surface area contributed by atoms with Crippen LogP contribution in [0.1, 0.15) is 17.0 Å². The van der Waals surface area contributed by atoms with Gasteiger partial charge in [0.15, 0.2) is 5.41 Å². The SMILES string of the molecule is N#CC1=C(N)C(C#N)(C#N)[C@H](c2ccccc2Cl)[C@@H]2CN(Cc3ccccc3)CC=C12. The molecule has 6 heteroatoms. The molecule has 4 rings (SSSR count). The van der Waals surface area contributed by atoms with Gasteiger partial charge in [-0.1, -0.05) is 66.2 Å². The fraction of sp³-hybridized carbons (Fsp3) is 0.240. The minimum absolute atomic E-state index is 0.0175. The molecule has 152 valence electrons. The van der Waals surface area contributed by atoms with Gasteiger partial charge in [0.25, 0.3) is 0 Å². The van der Waals surface area contributed by atoms with E-state index in [1.807, 2.05) is 42.5 Å². The van der Waals surface area contributed by atoms with Crippen molar-refractivity contribution >= 4 is 11.6 Å². The molecule has 0 unspecified atom stereocenters. The van der Waals surface area contributed by atoms with E-state index in [2.05, 4.69) is 35.2 Å². The number of halogens is 1. The molecule has 0 fully saturated rings. The molecule has 0 spiro atoms. The molecule has 0 saturated heterocycles. The lowest BCUT2D eigenvalue weighted by Crippen LogP contribution is -2.47. The smallest absolute Gasteiger partial charge is 0.191 e. The average molecular weight is 426 g/mol. The molecular weight excluding hydrogens is 406 g/mol. The van der Waals surface area contributed by atoms with Gasteiger partial charge in [-0.05, 0) is 22.8 Å². The fourth-order valence-corrected chi connectivity index (χ4v) is 5.03. The summed E-state index contributed by atoms with van der Waals surface area (Å²) in [7, 11) is 0. The van der Waals surface area contributed by atoms with Crippen LogP contribution < -0.4 is 5.73 Å². The van der Waals surface area contributed by atoms with E-state index in [9.17, 15) is 15.8 Å². The quantitative estimate of drug-likeness (QED) is 0.791. The molecule has 0 radical (unpaired) electrons. The molecule has 1 aliphatic heterocycles. The maximum Gasteiger partial charge on any atom is 0.191 e. The second kappa shape index (κ2) is 8.29. The van der Waals surface area contributed by atoms with Crippen molar-refractivity contribution in [3.05, 3.63) is 93.7 Å². The summed E-state index contributed by atoms with van der Waals surface area (Å²) in [4.78, 5) is 2.25. The third-order valence-electron chi connectivity index (χ3n) is 6.23. The van der Waals surface area contributed by atoms with Gasteiger partial charge < -0.3 is 5.73 Å². The van der Waals surface area contributed by atoms with Crippen LogP contribution >= 0.6 is 11.6 Å². The molecule has 1 aliphatic carbocycles. The highest BCUT2D eigenvalue weighted by Crippen LogP contribution is 2.55. The predicted molar refractivity (Wildman–Crippen MR) is 118 cm³/mol. The highest BCUT2D eigenvalue weighted by atomic mass is 35.5. The summed E-state index contributed by atoms with van der Waals surface area (Å²) in [5, 5.41) is 30.7. The van der Waals surface area contributed by atoms with Crippen molar-refractivity contribution in [2.75, 3.05) is 13.1 Å². The highest BCUT2D eigenvalue weighted by molar-refractivity contribution is 6.31. The summed E-state index contributed by atoms with van der Waals surface area (Å²) in [5.41, 5.74) is 7.61. The average Bonchev–Trinajstić information content (AvgIpc) is 2.80. The summed E-state index contributed by atoms with van der Waals surface area (Å²) in [6.07, 6.45) is 2.00. The Balaban J connectivity index is 1.87. The van der Waals surface area contributed by atoms with Gasteiger partial charge in [0.2, 0.25) is 0 Å². The van der Waals surface area contributed by atoms with E-state index in [1.54, 1.807) is 6.07 Å². The molecule has 2 aromatic carbocycles. The molecule has 0 aromatic heterocycles. The zero-order valence-electron chi connectivity index (χ0n) is 16.8. The Morgan fingerprint density at radius 2 is 1.71 bits per heavy atom. The first-order chi connectivity index (χ1) is 15.1. The lowest BCUT2D eigenvalue weighted by Gasteiger charge is -2.45. The van der Waals surface area contributed by atoms with Crippen LogP contribution in [-0.4, -0.2) is 18.0 Å². The third-order valence-corrected chi connectivity index (χ3v) is 6.57. The molecule has 0 bridgehead atoms. The predicted octanol–water partition coefficient (Wildman–Crippen LogP) is 4.27. The van der Waals surface area contributed by atoms with Crippen LogP contribution in [0.15, 0.2) is 77.5 Å². The van der Waals surface area contributed by atoms with Crippen molar-refractivity contribution in [3.8, 4) is 18.2 Å². The van der Waals surface area contributed by atoms with Crippen molar-refractivity contribution in [1.29, 1.82) is 15.8 Å². The number of fused-ring (bicyclic) bond motifs is 1. The van der Waals surface area contributed by atoms with E-state index in [1.165, 1.54) is 5.56 Å². The van der Waals surface area contributed by atoms with E-state index < -0.39 is 11.3 Å². The number of nitriles is 3. The fourth-order valence-electron chi connectivity index (χ4n) is 4.78. The number of allylic oxidation sites excluding steroid dienone is 2. The molecule has 2 N–H and O–H groups in total. The Morgan fingerprint density at radius 1 is 1.03 bits per heavy atom. The van der Waals surface area contributed by atoms with Crippen LogP contribution in [0.5, 0.6) is 0 Å². The lowest BCUT2D eigenvalue weighted by atomic mass is 9.58. The van der Waals surface area contributed by atoms with E-state index in [0.29, 0.717) is 23.7 Å². The molecule has 1 heterocycles. The summed E-state index contributed by atoms with van der Waals surface area (Å²) in [6.45, 7) is 1.96. The summed E-state index contributed by atoms with van der Waals surface area (Å²) in [6, 6.07) is 23.8. The maximum absolute atomic E-state index is 10.2. The van der Waals surface area contributed by atoms with E-state index in [0.717, 1.165) is 12.1 Å². The van der Waals surface area contributed by atoms with E-state index >= 15 is 0 Å². The Labute approximate surface area is 186 Å². The van der Waals surface area contributed by atoms with Gasteiger partial charge in [-0.3, -0.25) is 4.90 Å². The first kappa shape index (κ1) is 20.7.